The molecule has 2 heteroatoms. The third-order valence-electron chi connectivity index (χ3n) is 2.31. The fourth-order valence-corrected chi connectivity index (χ4v) is 1.55. The maximum atomic E-state index is 8.69. The van der Waals surface area contributed by atoms with Crippen LogP contribution < -0.4 is 5.32 Å². The quantitative estimate of drug-likeness (QED) is 0.594. The lowest BCUT2D eigenvalue weighted by molar-refractivity contribution is 0.289. The first-order valence-electron chi connectivity index (χ1n) is 4.34. The van der Waals surface area contributed by atoms with Crippen LogP contribution in [0, 0.1) is 5.92 Å². The summed E-state index contributed by atoms with van der Waals surface area (Å²) in [5.74, 6) is 0.607. The van der Waals surface area contributed by atoms with E-state index in [-0.39, 0.29) is 6.61 Å². The van der Waals surface area contributed by atoms with Gasteiger partial charge >= 0.3 is 0 Å². The van der Waals surface area contributed by atoms with Crippen LogP contribution in [0.3, 0.4) is 0 Å². The molecule has 0 aromatic heterocycles. The Morgan fingerprint density at radius 3 is 3.00 bits per heavy atom. The molecule has 1 atom stereocenters. The van der Waals surface area contributed by atoms with E-state index < -0.39 is 0 Å². The molecular weight excluding hydrogens is 138 g/mol. The van der Waals surface area contributed by atoms with Gasteiger partial charge in [0.15, 0.2) is 0 Å². The molecule has 1 rings (SSSR count). The van der Waals surface area contributed by atoms with Gasteiger partial charge < -0.3 is 10.4 Å². The van der Waals surface area contributed by atoms with Crippen molar-refractivity contribution in [1.29, 1.82) is 0 Å². The summed E-state index contributed by atoms with van der Waals surface area (Å²) in [6.07, 6.45) is 3.26. The Morgan fingerprint density at radius 1 is 1.64 bits per heavy atom. The lowest BCUT2D eigenvalue weighted by atomic mass is 9.91. The van der Waals surface area contributed by atoms with Gasteiger partial charge in [0.2, 0.25) is 0 Å². The number of piperidine rings is 1. The maximum absolute atomic E-state index is 8.69. The highest BCUT2D eigenvalue weighted by Crippen LogP contribution is 2.19. The Morgan fingerprint density at radius 2 is 2.45 bits per heavy atom. The molecule has 0 amide bonds. The molecular formula is C9H17NO. The van der Waals surface area contributed by atoms with Crippen molar-refractivity contribution >= 4 is 0 Å². The molecule has 1 unspecified atom stereocenters. The number of nitrogens with one attached hydrogen (secondary N) is 1. The molecule has 2 nitrogen and oxygen atoms in total. The van der Waals surface area contributed by atoms with E-state index in [1.54, 1.807) is 0 Å². The highest BCUT2D eigenvalue weighted by Gasteiger charge is 2.14. The zero-order valence-corrected chi connectivity index (χ0v) is 6.97. The average Bonchev–Trinajstić information content (AvgIpc) is 2.07. The Labute approximate surface area is 68.3 Å². The normalized spacial score (nSPS) is 25.0. The third-order valence-corrected chi connectivity index (χ3v) is 2.31. The van der Waals surface area contributed by atoms with Crippen molar-refractivity contribution in [1.82, 2.24) is 5.32 Å². The average molecular weight is 155 g/mol. The van der Waals surface area contributed by atoms with E-state index >= 15 is 0 Å². The van der Waals surface area contributed by atoms with Crippen molar-refractivity contribution in [3.63, 3.8) is 0 Å². The fourth-order valence-electron chi connectivity index (χ4n) is 1.55. The molecule has 0 bridgehead atoms. The molecule has 0 saturated carbocycles. The highest BCUT2D eigenvalue weighted by atomic mass is 16.2. The molecule has 64 valence electrons. The van der Waals surface area contributed by atoms with Crippen molar-refractivity contribution in [3.05, 3.63) is 12.2 Å². The van der Waals surface area contributed by atoms with Gasteiger partial charge in [-0.15, -0.1) is 0 Å². The van der Waals surface area contributed by atoms with Crippen LogP contribution >= 0.6 is 0 Å². The summed E-state index contributed by atoms with van der Waals surface area (Å²) in [5, 5.41) is 12.0. The number of aliphatic hydroxyl groups excluding tert-OH is 1. The molecule has 1 aliphatic heterocycles. The van der Waals surface area contributed by atoms with E-state index in [1.165, 1.54) is 18.4 Å². The second kappa shape index (κ2) is 4.52. The smallest absolute Gasteiger partial charge is 0.0468 e. The summed E-state index contributed by atoms with van der Waals surface area (Å²) in [6.45, 7) is 6.41. The number of hydrogen-bond donors (Lipinski definition) is 2. The first-order valence-corrected chi connectivity index (χ1v) is 4.34. The lowest BCUT2D eigenvalue weighted by Gasteiger charge is -2.24. The van der Waals surface area contributed by atoms with Crippen LogP contribution in [-0.4, -0.2) is 24.8 Å². The van der Waals surface area contributed by atoms with Crippen LogP contribution in [0.1, 0.15) is 19.3 Å². The number of aliphatic hydroxyl groups is 1. The molecule has 0 aromatic carbocycles. The second-order valence-corrected chi connectivity index (χ2v) is 3.18. The summed E-state index contributed by atoms with van der Waals surface area (Å²) in [6, 6.07) is 0. The summed E-state index contributed by atoms with van der Waals surface area (Å²) in [7, 11) is 0. The van der Waals surface area contributed by atoms with Crippen molar-refractivity contribution in [2.24, 2.45) is 5.92 Å². The molecule has 0 aromatic rings. The molecule has 2 N–H and O–H groups in total. The van der Waals surface area contributed by atoms with Gasteiger partial charge in [-0.3, -0.25) is 0 Å². The van der Waals surface area contributed by atoms with Crippen molar-refractivity contribution < 1.29 is 5.11 Å². The van der Waals surface area contributed by atoms with E-state index in [4.69, 9.17) is 5.11 Å². The third kappa shape index (κ3) is 2.64. The SMILES string of the molecule is C=C(CCO)C1CCCNC1. The Kier molecular flexibility index (Phi) is 3.60. The van der Waals surface area contributed by atoms with Crippen LogP contribution in [0.25, 0.3) is 0 Å². The van der Waals surface area contributed by atoms with Gasteiger partial charge in [-0.1, -0.05) is 12.2 Å². The van der Waals surface area contributed by atoms with Crippen LogP contribution in [0.4, 0.5) is 0 Å². The molecule has 0 radical (unpaired) electrons. The largest absolute Gasteiger partial charge is 0.396 e. The van der Waals surface area contributed by atoms with Crippen LogP contribution in [-0.2, 0) is 0 Å². The fraction of sp³-hybridized carbons (Fsp3) is 0.778. The summed E-state index contributed by atoms with van der Waals surface area (Å²) >= 11 is 0. The zero-order valence-electron chi connectivity index (χ0n) is 6.97. The predicted octanol–water partition coefficient (Wildman–Crippen LogP) is 0.925. The Balaban J connectivity index is 2.27. The van der Waals surface area contributed by atoms with Gasteiger partial charge in [-0.2, -0.15) is 0 Å². The van der Waals surface area contributed by atoms with Gasteiger partial charge in [0.25, 0.3) is 0 Å². The van der Waals surface area contributed by atoms with Crippen LogP contribution in [0.5, 0.6) is 0 Å². The maximum Gasteiger partial charge on any atom is 0.0468 e. The molecule has 1 heterocycles. The molecule has 0 aliphatic carbocycles. The van der Waals surface area contributed by atoms with Gasteiger partial charge in [0.05, 0.1) is 0 Å². The summed E-state index contributed by atoms with van der Waals surface area (Å²) in [4.78, 5) is 0. The predicted molar refractivity (Wildman–Crippen MR) is 46.4 cm³/mol. The minimum absolute atomic E-state index is 0.245. The minimum atomic E-state index is 0.245. The molecule has 1 fully saturated rings. The Hall–Kier alpha value is -0.340. The van der Waals surface area contributed by atoms with E-state index in [0.29, 0.717) is 5.92 Å². The molecule has 1 aliphatic rings. The van der Waals surface area contributed by atoms with Gasteiger partial charge in [-0.25, -0.2) is 0 Å². The topological polar surface area (TPSA) is 32.3 Å². The van der Waals surface area contributed by atoms with Crippen molar-refractivity contribution in [3.8, 4) is 0 Å². The lowest BCUT2D eigenvalue weighted by Crippen LogP contribution is -2.30. The molecule has 1 saturated heterocycles. The highest BCUT2D eigenvalue weighted by molar-refractivity contribution is 5.02. The van der Waals surface area contributed by atoms with Crippen molar-refractivity contribution in [2.75, 3.05) is 19.7 Å². The van der Waals surface area contributed by atoms with Gasteiger partial charge in [0.1, 0.15) is 0 Å². The summed E-state index contributed by atoms with van der Waals surface area (Å²) < 4.78 is 0. The van der Waals surface area contributed by atoms with E-state index in [9.17, 15) is 0 Å². The summed E-state index contributed by atoms with van der Waals surface area (Å²) in [5.41, 5.74) is 1.21. The van der Waals surface area contributed by atoms with Gasteiger partial charge in [0, 0.05) is 13.2 Å². The first kappa shape index (κ1) is 8.75. The van der Waals surface area contributed by atoms with E-state index in [0.717, 1.165) is 19.5 Å². The Bertz CT molecular complexity index is 128. The second-order valence-electron chi connectivity index (χ2n) is 3.18. The van der Waals surface area contributed by atoms with Gasteiger partial charge in [-0.05, 0) is 31.7 Å². The number of hydrogen-bond acceptors (Lipinski definition) is 2. The monoisotopic (exact) mass is 155 g/mol. The minimum Gasteiger partial charge on any atom is -0.396 e. The molecule has 11 heavy (non-hydrogen) atoms. The van der Waals surface area contributed by atoms with Crippen LogP contribution in [0.15, 0.2) is 12.2 Å². The van der Waals surface area contributed by atoms with Crippen LogP contribution in [0.2, 0.25) is 0 Å². The molecule has 0 spiro atoms. The zero-order chi connectivity index (χ0) is 8.10. The van der Waals surface area contributed by atoms with Crippen molar-refractivity contribution in [2.45, 2.75) is 19.3 Å². The first-order chi connectivity index (χ1) is 5.34. The van der Waals surface area contributed by atoms with E-state index in [2.05, 4.69) is 11.9 Å². The van der Waals surface area contributed by atoms with E-state index in [1.807, 2.05) is 0 Å². The standard InChI is InChI=1S/C9H17NO/c1-8(4-6-11)9-3-2-5-10-7-9/h9-11H,1-7H2. The number of rotatable bonds is 3.